The molecule has 0 atom stereocenters. The van der Waals surface area contributed by atoms with Crippen LogP contribution in [-0.4, -0.2) is 24.9 Å². The number of hydrogen-bond donors (Lipinski definition) is 1. The Morgan fingerprint density at radius 2 is 2.00 bits per heavy atom. The van der Waals surface area contributed by atoms with Crippen LogP contribution in [-0.2, 0) is 4.79 Å². The quantitative estimate of drug-likeness (QED) is 0.508. The summed E-state index contributed by atoms with van der Waals surface area (Å²) in [6.45, 7) is 5.66. The lowest BCUT2D eigenvalue weighted by Crippen LogP contribution is -2.34. The van der Waals surface area contributed by atoms with Crippen LogP contribution in [0.4, 0.5) is 0 Å². The topological polar surface area (TPSA) is 32.3 Å². The predicted octanol–water partition coefficient (Wildman–Crippen LogP) is 1.18. The second-order valence-corrected chi connectivity index (χ2v) is 2.98. The molecule has 1 N–H and O–H groups in total. The largest absolute Gasteiger partial charge is 0.309 e. The highest BCUT2D eigenvalue weighted by Gasteiger charge is 2.15. The zero-order valence-corrected chi connectivity index (χ0v) is 8.51. The number of rotatable bonds is 4. The summed E-state index contributed by atoms with van der Waals surface area (Å²) in [6.07, 6.45) is 1.82. The van der Waals surface area contributed by atoms with Crippen LogP contribution < -0.4 is 5.43 Å². The zero-order valence-electron chi connectivity index (χ0n) is 8.51. The van der Waals surface area contributed by atoms with E-state index in [-0.39, 0.29) is 11.7 Å². The molecule has 0 radical (unpaired) electrons. The molecule has 0 fully saturated rings. The van der Waals surface area contributed by atoms with Crippen LogP contribution >= 0.6 is 0 Å². The maximum Gasteiger partial charge on any atom is 0.182 e. The molecule has 0 saturated carbocycles. The second-order valence-electron chi connectivity index (χ2n) is 2.98. The van der Waals surface area contributed by atoms with Crippen molar-refractivity contribution in [3.05, 3.63) is 11.8 Å². The van der Waals surface area contributed by atoms with E-state index in [0.29, 0.717) is 5.70 Å². The van der Waals surface area contributed by atoms with Crippen molar-refractivity contribution >= 4 is 5.78 Å². The summed E-state index contributed by atoms with van der Waals surface area (Å²) < 4.78 is 0. The molecule has 12 heavy (non-hydrogen) atoms. The van der Waals surface area contributed by atoms with Crippen molar-refractivity contribution in [2.24, 2.45) is 5.92 Å². The molecule has 0 aromatic carbocycles. The van der Waals surface area contributed by atoms with Crippen LogP contribution in [0.1, 0.15) is 20.8 Å². The summed E-state index contributed by atoms with van der Waals surface area (Å²) in [5.74, 6) is 0.210. The molecule has 3 heteroatoms. The highest BCUT2D eigenvalue weighted by Crippen LogP contribution is 2.07. The highest BCUT2D eigenvalue weighted by atomic mass is 16.1. The molecule has 0 bridgehead atoms. The van der Waals surface area contributed by atoms with Crippen molar-refractivity contribution in [3.8, 4) is 0 Å². The van der Waals surface area contributed by atoms with Crippen molar-refractivity contribution in [2.75, 3.05) is 14.1 Å². The SMILES string of the molecule is C/C=C(/C(=O)C(C)C)N(C)NC. The van der Waals surface area contributed by atoms with Gasteiger partial charge < -0.3 is 5.01 Å². The summed E-state index contributed by atoms with van der Waals surface area (Å²) in [5.41, 5.74) is 3.61. The minimum atomic E-state index is 0.0481. The molecule has 3 nitrogen and oxygen atoms in total. The van der Waals surface area contributed by atoms with Crippen LogP contribution in [0.25, 0.3) is 0 Å². The van der Waals surface area contributed by atoms with E-state index < -0.39 is 0 Å². The Morgan fingerprint density at radius 1 is 1.50 bits per heavy atom. The molecular formula is C9H18N2O. The zero-order chi connectivity index (χ0) is 9.72. The number of nitrogens with one attached hydrogen (secondary N) is 1. The normalized spacial score (nSPS) is 12.0. The molecule has 0 aliphatic carbocycles. The molecule has 0 spiro atoms. The van der Waals surface area contributed by atoms with Crippen molar-refractivity contribution in [1.82, 2.24) is 10.4 Å². The minimum absolute atomic E-state index is 0.0481. The molecule has 0 aromatic heterocycles. The standard InChI is InChI=1S/C9H18N2O/c1-6-8(11(5)10-4)9(12)7(2)3/h6-7,10H,1-5H3/b8-6-. The van der Waals surface area contributed by atoms with E-state index in [1.807, 2.05) is 33.9 Å². The van der Waals surface area contributed by atoms with Gasteiger partial charge in [0.25, 0.3) is 0 Å². The molecule has 0 rings (SSSR count). The van der Waals surface area contributed by atoms with Gasteiger partial charge in [0.15, 0.2) is 5.78 Å². The number of carbonyl (C=O) groups is 1. The van der Waals surface area contributed by atoms with Crippen molar-refractivity contribution in [2.45, 2.75) is 20.8 Å². The summed E-state index contributed by atoms with van der Waals surface area (Å²) >= 11 is 0. The smallest absolute Gasteiger partial charge is 0.182 e. The van der Waals surface area contributed by atoms with E-state index in [2.05, 4.69) is 5.43 Å². The number of ketones is 1. The van der Waals surface area contributed by atoms with Gasteiger partial charge in [-0.05, 0) is 6.92 Å². The maximum absolute atomic E-state index is 11.5. The Hall–Kier alpha value is -0.830. The van der Waals surface area contributed by atoms with Crippen LogP contribution in [0.3, 0.4) is 0 Å². The Morgan fingerprint density at radius 3 is 2.25 bits per heavy atom. The van der Waals surface area contributed by atoms with E-state index in [1.165, 1.54) is 0 Å². The molecule has 0 aromatic rings. The fraction of sp³-hybridized carbons (Fsp3) is 0.667. The minimum Gasteiger partial charge on any atom is -0.309 e. The van der Waals surface area contributed by atoms with Crippen LogP contribution in [0.2, 0.25) is 0 Å². The van der Waals surface area contributed by atoms with Crippen molar-refractivity contribution in [3.63, 3.8) is 0 Å². The monoisotopic (exact) mass is 170 g/mol. The van der Waals surface area contributed by atoms with Crippen LogP contribution in [0.5, 0.6) is 0 Å². The highest BCUT2D eigenvalue weighted by molar-refractivity contribution is 5.95. The van der Waals surface area contributed by atoms with E-state index in [9.17, 15) is 4.79 Å². The number of Topliss-reactive ketones (excluding diaryl/α,β-unsaturated/α-hetero) is 1. The molecular weight excluding hydrogens is 152 g/mol. The van der Waals surface area contributed by atoms with Gasteiger partial charge in [-0.1, -0.05) is 19.9 Å². The second kappa shape index (κ2) is 4.93. The van der Waals surface area contributed by atoms with Gasteiger partial charge >= 0.3 is 0 Å². The van der Waals surface area contributed by atoms with Gasteiger partial charge in [-0.25, -0.2) is 5.43 Å². The lowest BCUT2D eigenvalue weighted by Gasteiger charge is -2.21. The van der Waals surface area contributed by atoms with Gasteiger partial charge in [-0.15, -0.1) is 0 Å². The fourth-order valence-corrected chi connectivity index (χ4v) is 0.917. The van der Waals surface area contributed by atoms with Crippen molar-refractivity contribution < 1.29 is 4.79 Å². The van der Waals surface area contributed by atoms with Gasteiger partial charge in [0.2, 0.25) is 0 Å². The van der Waals surface area contributed by atoms with Gasteiger partial charge in [0.05, 0.1) is 5.70 Å². The van der Waals surface area contributed by atoms with E-state index in [1.54, 1.807) is 12.1 Å². The fourth-order valence-electron chi connectivity index (χ4n) is 0.917. The third-order valence-electron chi connectivity index (χ3n) is 1.75. The van der Waals surface area contributed by atoms with E-state index in [0.717, 1.165) is 0 Å². The number of nitrogens with zero attached hydrogens (tertiary/aromatic N) is 1. The molecule has 0 amide bonds. The summed E-state index contributed by atoms with van der Waals surface area (Å²) in [5, 5.41) is 1.72. The van der Waals surface area contributed by atoms with Gasteiger partial charge in [-0.2, -0.15) is 0 Å². The first kappa shape index (κ1) is 11.2. The first-order valence-electron chi connectivity index (χ1n) is 4.16. The molecule has 0 unspecified atom stereocenters. The van der Waals surface area contributed by atoms with E-state index >= 15 is 0 Å². The maximum atomic E-state index is 11.5. The summed E-state index contributed by atoms with van der Waals surface area (Å²) in [7, 11) is 3.62. The Kier molecular flexibility index (Phi) is 4.59. The first-order chi connectivity index (χ1) is 5.54. The Balaban J connectivity index is 4.48. The third kappa shape index (κ3) is 2.66. The Labute approximate surface area is 74.4 Å². The number of hydrogen-bond acceptors (Lipinski definition) is 3. The number of allylic oxidation sites excluding steroid dienone is 2. The van der Waals surface area contributed by atoms with E-state index in [4.69, 9.17) is 0 Å². The lowest BCUT2D eigenvalue weighted by molar-refractivity contribution is -0.120. The lowest BCUT2D eigenvalue weighted by atomic mass is 10.1. The summed E-state index contributed by atoms with van der Waals surface area (Å²) in [6, 6.07) is 0. The number of hydrazine groups is 1. The Bertz CT molecular complexity index is 185. The van der Waals surface area contributed by atoms with Gasteiger partial charge in [0, 0.05) is 20.0 Å². The van der Waals surface area contributed by atoms with Crippen LogP contribution in [0, 0.1) is 5.92 Å². The predicted molar refractivity (Wildman–Crippen MR) is 50.4 cm³/mol. The first-order valence-corrected chi connectivity index (χ1v) is 4.16. The van der Waals surface area contributed by atoms with Gasteiger partial charge in [0.1, 0.15) is 0 Å². The molecule has 0 saturated heterocycles. The number of likely N-dealkylation sites (N-methyl/N-ethyl adjacent to an activating group) is 1. The van der Waals surface area contributed by atoms with Crippen molar-refractivity contribution in [1.29, 1.82) is 0 Å². The average molecular weight is 170 g/mol. The van der Waals surface area contributed by atoms with Gasteiger partial charge in [-0.3, -0.25) is 4.79 Å². The van der Waals surface area contributed by atoms with Crippen LogP contribution in [0.15, 0.2) is 11.8 Å². The molecule has 0 aliphatic rings. The summed E-state index contributed by atoms with van der Waals surface area (Å²) in [4.78, 5) is 11.5. The average Bonchev–Trinajstić information content (AvgIpc) is 2.05. The molecule has 70 valence electrons. The molecule has 0 heterocycles. The molecule has 0 aliphatic heterocycles. The third-order valence-corrected chi connectivity index (χ3v) is 1.75. The number of carbonyl (C=O) groups excluding carboxylic acids is 1.